The molecule has 3 aromatic heterocycles. The van der Waals surface area contributed by atoms with Crippen LogP contribution in [0.4, 0.5) is 5.82 Å². The summed E-state index contributed by atoms with van der Waals surface area (Å²) in [7, 11) is 0. The number of hydrogen-bond acceptors (Lipinski definition) is 7. The minimum Gasteiger partial charge on any atom is -0.454 e. The van der Waals surface area contributed by atoms with E-state index in [0.717, 1.165) is 5.56 Å². The first-order chi connectivity index (χ1) is 15.0. The normalized spacial score (nSPS) is 10.8. The maximum Gasteiger partial charge on any atom is 0.256 e. The number of aromatic nitrogens is 6. The first-order valence-corrected chi connectivity index (χ1v) is 9.73. The van der Waals surface area contributed by atoms with E-state index in [9.17, 15) is 4.79 Å². The molecule has 0 spiro atoms. The van der Waals surface area contributed by atoms with Crippen LogP contribution in [-0.2, 0) is 0 Å². The highest BCUT2D eigenvalue weighted by Crippen LogP contribution is 2.26. The maximum atomic E-state index is 12.8. The number of amides is 1. The van der Waals surface area contributed by atoms with Crippen LogP contribution < -0.4 is 10.1 Å². The van der Waals surface area contributed by atoms with E-state index in [2.05, 4.69) is 30.5 Å². The molecule has 4 rings (SSSR count). The molecule has 9 nitrogen and oxygen atoms in total. The number of nitrogens with zero attached hydrogens (tertiary/aromatic N) is 6. The van der Waals surface area contributed by atoms with Crippen molar-refractivity contribution in [2.75, 3.05) is 5.32 Å². The van der Waals surface area contributed by atoms with Crippen molar-refractivity contribution in [1.29, 1.82) is 0 Å². The Labute approximate surface area is 179 Å². The van der Waals surface area contributed by atoms with E-state index in [-0.39, 0.29) is 11.9 Å². The first-order valence-electron chi connectivity index (χ1n) is 9.73. The Morgan fingerprint density at radius 2 is 1.94 bits per heavy atom. The lowest BCUT2D eigenvalue weighted by molar-refractivity contribution is 0.102. The molecule has 4 aromatic rings. The molecular weight excluding hydrogens is 394 g/mol. The standard InChI is InChI=1S/C22H21N7O2/c1-14(2)29-13-25-28-21(29)18-5-4-6-20(26-18)27-22(30)16-8-7-15(3)19(9-16)31-17-10-23-12-24-11-17/h4-14H,1-3H3,(H,26,27,30). The molecule has 3 heterocycles. The number of ether oxygens (including phenoxy) is 1. The molecule has 0 saturated carbocycles. The molecule has 0 saturated heterocycles. The smallest absolute Gasteiger partial charge is 0.256 e. The molecular formula is C22H21N7O2. The van der Waals surface area contributed by atoms with Crippen LogP contribution in [0.5, 0.6) is 11.5 Å². The molecule has 0 unspecified atom stereocenters. The molecule has 0 bridgehead atoms. The molecule has 1 amide bonds. The van der Waals surface area contributed by atoms with Gasteiger partial charge in [0, 0.05) is 11.6 Å². The number of carbonyl (C=O) groups excluding carboxylic acids is 1. The number of nitrogens with one attached hydrogen (secondary N) is 1. The highest BCUT2D eigenvalue weighted by molar-refractivity contribution is 6.04. The van der Waals surface area contributed by atoms with E-state index in [1.807, 2.05) is 43.5 Å². The molecule has 0 atom stereocenters. The first kappa shape index (κ1) is 20.1. The van der Waals surface area contributed by atoms with Crippen molar-refractivity contribution in [1.82, 2.24) is 29.7 Å². The Hall–Kier alpha value is -4.14. The summed E-state index contributed by atoms with van der Waals surface area (Å²) in [5.41, 5.74) is 1.95. The molecule has 0 fully saturated rings. The quantitative estimate of drug-likeness (QED) is 0.506. The lowest BCUT2D eigenvalue weighted by Gasteiger charge is -2.12. The number of aryl methyl sites for hydroxylation is 1. The maximum absolute atomic E-state index is 12.8. The zero-order valence-electron chi connectivity index (χ0n) is 17.4. The van der Waals surface area contributed by atoms with Gasteiger partial charge in [0.2, 0.25) is 0 Å². The zero-order valence-corrected chi connectivity index (χ0v) is 17.4. The van der Waals surface area contributed by atoms with Crippen LogP contribution >= 0.6 is 0 Å². The topological polar surface area (TPSA) is 108 Å². The predicted octanol–water partition coefficient (Wildman–Crippen LogP) is 4.06. The molecule has 0 radical (unpaired) electrons. The fraction of sp³-hybridized carbons (Fsp3) is 0.182. The number of benzene rings is 1. The third-order valence-corrected chi connectivity index (χ3v) is 4.56. The van der Waals surface area contributed by atoms with E-state index in [1.54, 1.807) is 36.9 Å². The average molecular weight is 415 g/mol. The second kappa shape index (κ2) is 8.70. The summed E-state index contributed by atoms with van der Waals surface area (Å²) in [4.78, 5) is 25.2. The van der Waals surface area contributed by atoms with Crippen molar-refractivity contribution >= 4 is 11.7 Å². The van der Waals surface area contributed by atoms with Crippen LogP contribution in [-0.4, -0.2) is 35.6 Å². The number of pyridine rings is 1. The van der Waals surface area contributed by atoms with Crippen molar-refractivity contribution in [2.24, 2.45) is 0 Å². The number of rotatable bonds is 6. The van der Waals surface area contributed by atoms with Gasteiger partial charge in [-0.3, -0.25) is 4.79 Å². The van der Waals surface area contributed by atoms with Gasteiger partial charge >= 0.3 is 0 Å². The van der Waals surface area contributed by atoms with E-state index >= 15 is 0 Å². The summed E-state index contributed by atoms with van der Waals surface area (Å²) < 4.78 is 7.74. The van der Waals surface area contributed by atoms with Crippen molar-refractivity contribution in [3.05, 3.63) is 72.6 Å². The highest BCUT2D eigenvalue weighted by Gasteiger charge is 2.14. The predicted molar refractivity (Wildman–Crippen MR) is 115 cm³/mol. The van der Waals surface area contributed by atoms with E-state index in [1.165, 1.54) is 6.33 Å². The van der Waals surface area contributed by atoms with Gasteiger partial charge in [0.1, 0.15) is 29.9 Å². The molecule has 0 aliphatic rings. The van der Waals surface area contributed by atoms with Gasteiger partial charge in [0.15, 0.2) is 11.6 Å². The summed E-state index contributed by atoms with van der Waals surface area (Å²) >= 11 is 0. The van der Waals surface area contributed by atoms with Crippen molar-refractivity contribution in [3.63, 3.8) is 0 Å². The third-order valence-electron chi connectivity index (χ3n) is 4.56. The van der Waals surface area contributed by atoms with Gasteiger partial charge in [-0.05, 0) is 50.6 Å². The van der Waals surface area contributed by atoms with Crippen LogP contribution in [0.1, 0.15) is 35.8 Å². The van der Waals surface area contributed by atoms with Gasteiger partial charge in [0.25, 0.3) is 5.91 Å². The Kier molecular flexibility index (Phi) is 5.65. The van der Waals surface area contributed by atoms with Crippen molar-refractivity contribution < 1.29 is 9.53 Å². The molecule has 1 N–H and O–H groups in total. The van der Waals surface area contributed by atoms with Gasteiger partial charge < -0.3 is 14.6 Å². The Bertz CT molecular complexity index is 1210. The summed E-state index contributed by atoms with van der Waals surface area (Å²) in [5, 5.41) is 11.0. The van der Waals surface area contributed by atoms with Gasteiger partial charge in [-0.25, -0.2) is 15.0 Å². The molecule has 1 aromatic carbocycles. The lowest BCUT2D eigenvalue weighted by atomic mass is 10.1. The van der Waals surface area contributed by atoms with Crippen LogP contribution in [0, 0.1) is 6.92 Å². The summed E-state index contributed by atoms with van der Waals surface area (Å²) in [6, 6.07) is 10.8. The minimum absolute atomic E-state index is 0.186. The minimum atomic E-state index is -0.302. The summed E-state index contributed by atoms with van der Waals surface area (Å²) in [6.45, 7) is 5.98. The molecule has 9 heteroatoms. The van der Waals surface area contributed by atoms with Gasteiger partial charge in [0.05, 0.1) is 12.4 Å². The Morgan fingerprint density at radius 1 is 1.13 bits per heavy atom. The fourth-order valence-corrected chi connectivity index (χ4v) is 2.94. The third kappa shape index (κ3) is 4.55. The summed E-state index contributed by atoms with van der Waals surface area (Å²) in [5.74, 6) is 1.80. The van der Waals surface area contributed by atoms with Crippen molar-refractivity contribution in [2.45, 2.75) is 26.8 Å². The SMILES string of the molecule is Cc1ccc(C(=O)Nc2cccc(-c3nncn3C(C)C)n2)cc1Oc1cncnc1. The second-order valence-corrected chi connectivity index (χ2v) is 7.17. The Balaban J connectivity index is 1.55. The monoisotopic (exact) mass is 415 g/mol. The van der Waals surface area contributed by atoms with Crippen LogP contribution in [0.25, 0.3) is 11.5 Å². The van der Waals surface area contributed by atoms with E-state index < -0.39 is 0 Å². The lowest BCUT2D eigenvalue weighted by Crippen LogP contribution is -2.13. The second-order valence-electron chi connectivity index (χ2n) is 7.17. The number of hydrogen-bond donors (Lipinski definition) is 1. The van der Waals surface area contributed by atoms with E-state index in [0.29, 0.717) is 34.4 Å². The molecule has 31 heavy (non-hydrogen) atoms. The Morgan fingerprint density at radius 3 is 2.71 bits per heavy atom. The van der Waals surface area contributed by atoms with Gasteiger partial charge in [-0.2, -0.15) is 0 Å². The molecule has 156 valence electrons. The zero-order chi connectivity index (χ0) is 21.8. The summed E-state index contributed by atoms with van der Waals surface area (Å²) in [6.07, 6.45) is 6.21. The largest absolute Gasteiger partial charge is 0.454 e. The molecule has 0 aliphatic carbocycles. The fourth-order valence-electron chi connectivity index (χ4n) is 2.94. The van der Waals surface area contributed by atoms with Gasteiger partial charge in [-0.1, -0.05) is 12.1 Å². The van der Waals surface area contributed by atoms with Crippen LogP contribution in [0.3, 0.4) is 0 Å². The van der Waals surface area contributed by atoms with Crippen LogP contribution in [0.15, 0.2) is 61.4 Å². The van der Waals surface area contributed by atoms with Crippen molar-refractivity contribution in [3.8, 4) is 23.0 Å². The van der Waals surface area contributed by atoms with Gasteiger partial charge in [-0.15, -0.1) is 10.2 Å². The van der Waals surface area contributed by atoms with E-state index in [4.69, 9.17) is 4.74 Å². The average Bonchev–Trinajstić information content (AvgIpc) is 3.27. The molecule has 0 aliphatic heterocycles. The number of anilines is 1. The highest BCUT2D eigenvalue weighted by atomic mass is 16.5. The number of carbonyl (C=O) groups is 1. The van der Waals surface area contributed by atoms with Crippen LogP contribution in [0.2, 0.25) is 0 Å².